The Balaban J connectivity index is 1.65. The molecule has 8 nitrogen and oxygen atoms in total. The van der Waals surface area contributed by atoms with E-state index in [9.17, 15) is 14.9 Å². The largest absolute Gasteiger partial charge is 0.482 e. The average molecular weight is 604 g/mol. The molecule has 4 rings (SSSR count). The zero-order chi connectivity index (χ0) is 26.5. The molecule has 0 bridgehead atoms. The minimum atomic E-state index is -0.532. The third-order valence-electron chi connectivity index (χ3n) is 5.51. The van der Waals surface area contributed by atoms with Gasteiger partial charge in [-0.1, -0.05) is 58.5 Å². The van der Waals surface area contributed by atoms with Gasteiger partial charge in [0, 0.05) is 22.5 Å². The molecule has 0 radical (unpaired) electrons. The maximum absolute atomic E-state index is 13.2. The highest BCUT2D eigenvalue weighted by molar-refractivity contribution is 9.10. The fourth-order valence-electron chi connectivity index (χ4n) is 3.60. The van der Waals surface area contributed by atoms with E-state index in [0.29, 0.717) is 44.3 Å². The second-order valence-corrected chi connectivity index (χ2v) is 9.91. The molecule has 0 saturated carbocycles. The van der Waals surface area contributed by atoms with Crippen LogP contribution in [0, 0.1) is 10.1 Å². The van der Waals surface area contributed by atoms with Crippen LogP contribution in [0.3, 0.4) is 0 Å². The molecule has 37 heavy (non-hydrogen) atoms. The molecule has 0 aliphatic carbocycles. The van der Waals surface area contributed by atoms with Gasteiger partial charge in [-0.05, 0) is 54.4 Å². The van der Waals surface area contributed by atoms with Gasteiger partial charge in [-0.15, -0.1) is 0 Å². The maximum Gasteiger partial charge on any atom is 0.311 e. The second kappa shape index (κ2) is 11.9. The lowest BCUT2D eigenvalue weighted by atomic mass is 10.2. The van der Waals surface area contributed by atoms with Crippen LogP contribution in [0.4, 0.5) is 5.69 Å². The maximum atomic E-state index is 13.2. The van der Waals surface area contributed by atoms with Crippen LogP contribution >= 0.6 is 39.1 Å². The summed E-state index contributed by atoms with van der Waals surface area (Å²) < 4.78 is 7.69. The van der Waals surface area contributed by atoms with Crippen molar-refractivity contribution in [3.63, 3.8) is 0 Å². The van der Waals surface area contributed by atoms with E-state index in [1.54, 1.807) is 36.4 Å². The molecule has 190 valence electrons. The summed E-state index contributed by atoms with van der Waals surface area (Å²) >= 11 is 15.4. The van der Waals surface area contributed by atoms with E-state index in [-0.39, 0.29) is 23.6 Å². The molecule has 0 aliphatic heterocycles. The fourth-order valence-corrected chi connectivity index (χ4v) is 4.29. The molecule has 4 aromatic rings. The monoisotopic (exact) mass is 602 g/mol. The molecule has 0 N–H and O–H groups in total. The molecular weight excluding hydrogens is 583 g/mol. The standard InChI is InChI=1S/C26H21BrCl2N4O4/c1-2-3-4-25-31-22-9-7-18(27)13-19(22)26(34)32(25)30-14-16-6-10-24(23(12-16)33(35)36)37-15-17-5-8-20(28)21(29)11-17/h5-14H,2-4,15H2,1H3. The Bertz CT molecular complexity index is 1570. The van der Waals surface area contributed by atoms with E-state index in [1.807, 2.05) is 13.0 Å². The lowest BCUT2D eigenvalue weighted by Gasteiger charge is -2.10. The van der Waals surface area contributed by atoms with Gasteiger partial charge in [0.25, 0.3) is 5.56 Å². The van der Waals surface area contributed by atoms with Crippen molar-refractivity contribution >= 4 is 61.9 Å². The molecular formula is C26H21BrCl2N4O4. The summed E-state index contributed by atoms with van der Waals surface area (Å²) in [7, 11) is 0. The van der Waals surface area contributed by atoms with Gasteiger partial charge < -0.3 is 4.74 Å². The number of rotatable bonds is 9. The minimum absolute atomic E-state index is 0.0691. The summed E-state index contributed by atoms with van der Waals surface area (Å²) in [5, 5.41) is 17.3. The summed E-state index contributed by atoms with van der Waals surface area (Å²) in [5.41, 5.74) is 1.18. The van der Waals surface area contributed by atoms with Gasteiger partial charge in [0.1, 0.15) is 12.4 Å². The molecule has 1 heterocycles. The van der Waals surface area contributed by atoms with E-state index in [2.05, 4.69) is 26.0 Å². The third kappa shape index (κ3) is 6.36. The Morgan fingerprint density at radius 1 is 1.14 bits per heavy atom. The SMILES string of the molecule is CCCCc1nc2ccc(Br)cc2c(=O)n1N=Cc1ccc(OCc2ccc(Cl)c(Cl)c2)c([N+](=O)[O-])c1. The predicted octanol–water partition coefficient (Wildman–Crippen LogP) is 7.18. The quantitative estimate of drug-likeness (QED) is 0.115. The van der Waals surface area contributed by atoms with Crippen molar-refractivity contribution in [1.82, 2.24) is 9.66 Å². The Kier molecular flexibility index (Phi) is 8.58. The minimum Gasteiger partial charge on any atom is -0.482 e. The molecule has 1 aromatic heterocycles. The van der Waals surface area contributed by atoms with Crippen LogP contribution < -0.4 is 10.3 Å². The number of benzene rings is 3. The zero-order valence-corrected chi connectivity index (χ0v) is 22.8. The Morgan fingerprint density at radius 2 is 1.95 bits per heavy atom. The van der Waals surface area contributed by atoms with Crippen LogP contribution in [0.25, 0.3) is 10.9 Å². The second-order valence-electron chi connectivity index (χ2n) is 8.18. The molecule has 0 saturated heterocycles. The average Bonchev–Trinajstić information content (AvgIpc) is 2.88. The Morgan fingerprint density at radius 3 is 2.68 bits per heavy atom. The highest BCUT2D eigenvalue weighted by atomic mass is 79.9. The topological polar surface area (TPSA) is 99.6 Å². The Labute approximate surface area is 230 Å². The highest BCUT2D eigenvalue weighted by Crippen LogP contribution is 2.29. The third-order valence-corrected chi connectivity index (χ3v) is 6.74. The number of unbranched alkanes of at least 4 members (excludes halogenated alkanes) is 1. The van der Waals surface area contributed by atoms with Crippen LogP contribution in [0.1, 0.15) is 36.7 Å². The van der Waals surface area contributed by atoms with Crippen LogP contribution in [0.2, 0.25) is 10.0 Å². The highest BCUT2D eigenvalue weighted by Gasteiger charge is 2.17. The number of hydrogen-bond donors (Lipinski definition) is 0. The van der Waals surface area contributed by atoms with Crippen molar-refractivity contribution in [2.75, 3.05) is 0 Å². The lowest BCUT2D eigenvalue weighted by Crippen LogP contribution is -2.22. The van der Waals surface area contributed by atoms with E-state index >= 15 is 0 Å². The summed E-state index contributed by atoms with van der Waals surface area (Å²) in [5.74, 6) is 0.611. The van der Waals surface area contributed by atoms with E-state index in [1.165, 1.54) is 23.0 Å². The van der Waals surface area contributed by atoms with Crippen LogP contribution in [-0.2, 0) is 13.0 Å². The van der Waals surface area contributed by atoms with Gasteiger partial charge >= 0.3 is 5.69 Å². The molecule has 0 unspecified atom stereocenters. The summed E-state index contributed by atoms with van der Waals surface area (Å²) in [6.45, 7) is 2.12. The van der Waals surface area contributed by atoms with Crippen LogP contribution in [0.5, 0.6) is 5.75 Å². The van der Waals surface area contributed by atoms with Gasteiger partial charge in [-0.3, -0.25) is 14.9 Å². The number of nitro groups is 1. The van der Waals surface area contributed by atoms with Crippen molar-refractivity contribution in [2.24, 2.45) is 5.10 Å². The van der Waals surface area contributed by atoms with Gasteiger partial charge in [0.15, 0.2) is 5.75 Å². The van der Waals surface area contributed by atoms with Gasteiger partial charge in [-0.25, -0.2) is 4.98 Å². The number of aryl methyl sites for hydroxylation is 1. The Hall–Kier alpha value is -3.27. The molecule has 0 amide bonds. The summed E-state index contributed by atoms with van der Waals surface area (Å²) in [4.78, 5) is 29.1. The van der Waals surface area contributed by atoms with Gasteiger partial charge in [-0.2, -0.15) is 9.78 Å². The lowest BCUT2D eigenvalue weighted by molar-refractivity contribution is -0.385. The first-order chi connectivity index (χ1) is 17.8. The van der Waals surface area contributed by atoms with E-state index in [0.717, 1.165) is 17.3 Å². The fraction of sp³-hybridized carbons (Fsp3) is 0.192. The van der Waals surface area contributed by atoms with Crippen molar-refractivity contribution in [3.8, 4) is 5.75 Å². The number of ether oxygens (including phenoxy) is 1. The molecule has 11 heteroatoms. The predicted molar refractivity (Wildman–Crippen MR) is 149 cm³/mol. The first kappa shape index (κ1) is 26.8. The van der Waals surface area contributed by atoms with Crippen LogP contribution in [-0.4, -0.2) is 20.8 Å². The molecule has 0 aliphatic rings. The summed E-state index contributed by atoms with van der Waals surface area (Å²) in [6, 6.07) is 14.8. The van der Waals surface area contributed by atoms with E-state index < -0.39 is 4.92 Å². The first-order valence-electron chi connectivity index (χ1n) is 11.4. The normalized spacial score (nSPS) is 11.4. The molecule has 0 fully saturated rings. The number of halogens is 3. The van der Waals surface area contributed by atoms with Crippen molar-refractivity contribution in [1.29, 1.82) is 0 Å². The molecule has 0 spiro atoms. The van der Waals surface area contributed by atoms with Crippen LogP contribution in [0.15, 0.2) is 69.0 Å². The number of fused-ring (bicyclic) bond motifs is 1. The smallest absolute Gasteiger partial charge is 0.311 e. The zero-order valence-electron chi connectivity index (χ0n) is 19.7. The van der Waals surface area contributed by atoms with E-state index in [4.69, 9.17) is 27.9 Å². The van der Waals surface area contributed by atoms with Gasteiger partial charge in [0.2, 0.25) is 0 Å². The van der Waals surface area contributed by atoms with Crippen molar-refractivity contribution in [2.45, 2.75) is 32.8 Å². The number of hydrogen-bond acceptors (Lipinski definition) is 6. The molecule has 3 aromatic carbocycles. The van der Waals surface area contributed by atoms with Crippen molar-refractivity contribution in [3.05, 3.63) is 107 Å². The van der Waals surface area contributed by atoms with Gasteiger partial charge in [0.05, 0.1) is 32.1 Å². The number of nitrogens with zero attached hydrogens (tertiary/aromatic N) is 4. The molecule has 0 atom stereocenters. The first-order valence-corrected chi connectivity index (χ1v) is 12.9. The number of aromatic nitrogens is 2. The van der Waals surface area contributed by atoms with Crippen molar-refractivity contribution < 1.29 is 9.66 Å². The number of nitro benzene ring substituents is 1. The summed E-state index contributed by atoms with van der Waals surface area (Å²) in [6.07, 6.45) is 3.73.